The molecule has 0 aliphatic carbocycles. The standard InChI is InChI=1S/C43H62F2N6O11/c1-11-33-43(8,56)39-24(4)35(47-26(6)52)22(2)16-32(57-20-28(21-58-39)49-59-19-27-12-13-29(18-30(27)44)51-15-14-34(46)48-51)37(25(5)38(54)42(7,45)41(55)61-33)62-40-36(53)31(50(9)10)17-23(3)60-40/h12-15,18,22-25,31-33,36-37,39-40,53,56H,11,16-17,19-21H2,1-10H3,(H2,46,48)/b47-35?,49-28-/t22-,23-,24+,25-,31+,32-,33-,36-,37-,39+,40+,42+,43-/m1/s1. The van der Waals surface area contributed by atoms with Crippen LogP contribution < -0.4 is 5.73 Å². The Morgan fingerprint density at radius 3 is 2.40 bits per heavy atom. The summed E-state index contributed by atoms with van der Waals surface area (Å²) in [5, 5.41) is 32.3. The number of benzene rings is 1. The number of aliphatic hydroxyl groups is 2. The number of aliphatic imine (C=N–C) groups is 1. The first-order valence-corrected chi connectivity index (χ1v) is 21.0. The molecule has 3 saturated heterocycles. The number of nitrogens with two attached hydrogens (primary N) is 1. The predicted octanol–water partition coefficient (Wildman–Crippen LogP) is 3.73. The summed E-state index contributed by atoms with van der Waals surface area (Å²) in [5.74, 6) is -6.59. The van der Waals surface area contributed by atoms with E-state index in [0.717, 1.165) is 6.92 Å². The van der Waals surface area contributed by atoms with Gasteiger partial charge in [0.2, 0.25) is 5.91 Å². The molecule has 3 aliphatic rings. The second-order valence-corrected chi connectivity index (χ2v) is 17.3. The van der Waals surface area contributed by atoms with Gasteiger partial charge in [-0.2, -0.15) is 5.10 Å². The fraction of sp³-hybridized carbons (Fsp3) is 0.674. The summed E-state index contributed by atoms with van der Waals surface area (Å²) >= 11 is 0. The third-order valence-electron chi connectivity index (χ3n) is 12.1. The molecule has 13 atom stereocenters. The number of nitrogens with zero attached hydrogens (tertiary/aromatic N) is 5. The highest BCUT2D eigenvalue weighted by atomic mass is 19.1. The number of cyclic esters (lactones) is 1. The summed E-state index contributed by atoms with van der Waals surface area (Å²) < 4.78 is 64.9. The van der Waals surface area contributed by atoms with Crippen molar-refractivity contribution in [1.29, 1.82) is 0 Å². The van der Waals surface area contributed by atoms with Gasteiger partial charge >= 0.3 is 5.97 Å². The Balaban J connectivity index is 1.62. The Hall–Kier alpha value is -4.24. The fourth-order valence-corrected chi connectivity index (χ4v) is 8.59. The van der Waals surface area contributed by atoms with Gasteiger partial charge in [-0.3, -0.25) is 9.59 Å². The number of aromatic nitrogens is 2. The number of Topliss-reactive ketones (excluding diaryl/α,β-unsaturated/α-hetero) is 1. The van der Waals surface area contributed by atoms with E-state index in [9.17, 15) is 24.6 Å². The van der Waals surface area contributed by atoms with Crippen LogP contribution in [0.3, 0.4) is 0 Å². The fourth-order valence-electron chi connectivity index (χ4n) is 8.59. The third-order valence-corrected chi connectivity index (χ3v) is 12.1. The van der Waals surface area contributed by atoms with Crippen LogP contribution in [0.2, 0.25) is 0 Å². The van der Waals surface area contributed by atoms with Gasteiger partial charge in [0.25, 0.3) is 5.67 Å². The van der Waals surface area contributed by atoms with E-state index in [1.165, 1.54) is 37.6 Å². The van der Waals surface area contributed by atoms with Gasteiger partial charge in [0.15, 0.2) is 12.1 Å². The van der Waals surface area contributed by atoms with Gasteiger partial charge in [-0.15, -0.1) is 0 Å². The van der Waals surface area contributed by atoms with Gasteiger partial charge in [-0.25, -0.2) is 23.2 Å². The average Bonchev–Trinajstić information content (AvgIpc) is 3.64. The largest absolute Gasteiger partial charge is 0.457 e. The number of hydrogen-bond donors (Lipinski definition) is 3. The number of likely N-dealkylation sites (N-methyl/N-ethyl adjacent to an activating group) is 1. The zero-order chi connectivity index (χ0) is 45.8. The van der Waals surface area contributed by atoms with E-state index in [2.05, 4.69) is 15.2 Å². The minimum absolute atomic E-state index is 0.0126. The lowest BCUT2D eigenvalue weighted by Crippen LogP contribution is -2.59. The topological polar surface area (TPSA) is 219 Å². The highest BCUT2D eigenvalue weighted by Gasteiger charge is 2.54. The lowest BCUT2D eigenvalue weighted by molar-refractivity contribution is -0.284. The summed E-state index contributed by atoms with van der Waals surface area (Å²) in [5.41, 5.74) is 1.38. The van der Waals surface area contributed by atoms with Crippen LogP contribution in [-0.2, 0) is 49.5 Å². The number of nitrogen functional groups attached to an aromatic ring is 1. The molecule has 1 aromatic heterocycles. The maximum atomic E-state index is 16.8. The van der Waals surface area contributed by atoms with Crippen molar-refractivity contribution in [2.45, 2.75) is 141 Å². The van der Waals surface area contributed by atoms with Crippen LogP contribution in [0.25, 0.3) is 5.69 Å². The molecule has 19 heteroatoms. The smallest absolute Gasteiger partial charge is 0.351 e. The number of alkyl halides is 1. The average molecular weight is 877 g/mol. The minimum Gasteiger partial charge on any atom is -0.457 e. The molecule has 1 amide bonds. The van der Waals surface area contributed by atoms with E-state index < -0.39 is 101 Å². The Bertz CT molecular complexity index is 1970. The number of amides is 1. The van der Waals surface area contributed by atoms with Crippen LogP contribution in [0.4, 0.5) is 14.6 Å². The van der Waals surface area contributed by atoms with Gasteiger partial charge in [0.1, 0.15) is 41.8 Å². The summed E-state index contributed by atoms with van der Waals surface area (Å²) in [6.07, 6.45) is -6.27. The van der Waals surface area contributed by atoms with Gasteiger partial charge in [-0.1, -0.05) is 38.9 Å². The number of hydrogen-bond acceptors (Lipinski definition) is 15. The number of ether oxygens (including phenoxy) is 5. The monoisotopic (exact) mass is 876 g/mol. The van der Waals surface area contributed by atoms with Crippen molar-refractivity contribution in [3.8, 4) is 5.69 Å². The molecule has 344 valence electrons. The summed E-state index contributed by atoms with van der Waals surface area (Å²) in [4.78, 5) is 52.7. The van der Waals surface area contributed by atoms with Crippen molar-refractivity contribution in [2.75, 3.05) is 33.0 Å². The van der Waals surface area contributed by atoms with Crippen molar-refractivity contribution < 1.29 is 61.9 Å². The molecule has 2 bridgehead atoms. The minimum atomic E-state index is -3.24. The Morgan fingerprint density at radius 1 is 1.10 bits per heavy atom. The SMILES string of the molecule is CC[C@H]1OC(=O)[C@@](C)(F)C(=O)[C@H](C)[C@@H](O[C@@H]2O[C@H](C)C[C@H](N(C)C)[C@H]2O)[C@H]2C[C@@H](C)C(=NC(C)=O)[C@H](C)[C@H](OC/C(=N\OCc3ccc(-n4ccc(N)n4)cc3F)CO2)[C@]1(C)O. The number of oxime groups is 1. The third kappa shape index (κ3) is 10.9. The predicted molar refractivity (Wildman–Crippen MR) is 222 cm³/mol. The first kappa shape index (κ1) is 48.8. The molecule has 1 aromatic carbocycles. The number of carbonyl (C=O) groups excluding carboxylic acids is 3. The van der Waals surface area contributed by atoms with Crippen LogP contribution in [0, 0.1) is 23.6 Å². The molecule has 4 heterocycles. The van der Waals surface area contributed by atoms with E-state index in [0.29, 0.717) is 17.8 Å². The molecule has 2 aromatic rings. The maximum Gasteiger partial charge on any atom is 0.351 e. The van der Waals surface area contributed by atoms with Gasteiger partial charge in [-0.05, 0) is 72.2 Å². The van der Waals surface area contributed by atoms with Crippen molar-refractivity contribution in [1.82, 2.24) is 14.7 Å². The number of carbonyl (C=O) groups is 3. The van der Waals surface area contributed by atoms with Crippen LogP contribution >= 0.6 is 0 Å². The Kier molecular flexibility index (Phi) is 15.8. The molecule has 4 N–H and O–H groups in total. The van der Waals surface area contributed by atoms with E-state index in [-0.39, 0.29) is 49.8 Å². The lowest BCUT2D eigenvalue weighted by Gasteiger charge is -2.44. The summed E-state index contributed by atoms with van der Waals surface area (Å²) in [7, 11) is 3.59. The second kappa shape index (κ2) is 20.1. The number of aliphatic hydroxyl groups excluding tert-OH is 1. The number of fused-ring (bicyclic) bond motifs is 5. The molecule has 0 saturated carbocycles. The molecule has 3 fully saturated rings. The van der Waals surface area contributed by atoms with Crippen LogP contribution in [0.1, 0.15) is 80.2 Å². The Labute approximate surface area is 360 Å². The summed E-state index contributed by atoms with van der Waals surface area (Å²) in [6, 6.07) is 5.55. The highest BCUT2D eigenvalue weighted by molar-refractivity contribution is 6.08. The van der Waals surface area contributed by atoms with Crippen molar-refractivity contribution >= 4 is 34.9 Å². The summed E-state index contributed by atoms with van der Waals surface area (Å²) in [6.45, 7) is 10.6. The maximum absolute atomic E-state index is 16.8. The number of rotatable bonds is 8. The number of anilines is 1. The van der Waals surface area contributed by atoms with Gasteiger partial charge in [0.05, 0.1) is 43.3 Å². The second-order valence-electron chi connectivity index (χ2n) is 17.3. The highest BCUT2D eigenvalue weighted by Crippen LogP contribution is 2.37. The van der Waals surface area contributed by atoms with E-state index in [1.807, 2.05) is 4.90 Å². The number of ketones is 1. The molecule has 0 unspecified atom stereocenters. The molecular weight excluding hydrogens is 814 g/mol. The molecule has 3 aliphatic heterocycles. The van der Waals surface area contributed by atoms with Crippen LogP contribution in [-0.4, -0.2) is 142 Å². The first-order chi connectivity index (χ1) is 29.1. The van der Waals surface area contributed by atoms with E-state index >= 15 is 8.78 Å². The first-order valence-electron chi connectivity index (χ1n) is 21.0. The van der Waals surface area contributed by atoms with Gasteiger partial charge in [0, 0.05) is 48.3 Å². The van der Waals surface area contributed by atoms with Crippen LogP contribution in [0.15, 0.2) is 40.6 Å². The quantitative estimate of drug-likeness (QED) is 0.196. The normalized spacial score (nSPS) is 36.8. The van der Waals surface area contributed by atoms with E-state index in [1.54, 1.807) is 60.1 Å². The van der Waals surface area contributed by atoms with Crippen molar-refractivity contribution in [3.05, 3.63) is 41.8 Å². The lowest BCUT2D eigenvalue weighted by atomic mass is 9.76. The molecule has 0 spiro atoms. The molecule has 62 heavy (non-hydrogen) atoms. The molecule has 0 radical (unpaired) electrons. The van der Waals surface area contributed by atoms with E-state index in [4.69, 9.17) is 34.3 Å². The molecule has 17 nitrogen and oxygen atoms in total. The van der Waals surface area contributed by atoms with Crippen molar-refractivity contribution in [3.63, 3.8) is 0 Å². The molecule has 5 rings (SSSR count). The van der Waals surface area contributed by atoms with Crippen LogP contribution in [0.5, 0.6) is 0 Å². The molecular formula is C43H62F2N6O11. The Morgan fingerprint density at radius 2 is 1.79 bits per heavy atom. The van der Waals surface area contributed by atoms with Crippen molar-refractivity contribution in [2.24, 2.45) is 27.9 Å². The zero-order valence-corrected chi connectivity index (χ0v) is 37.1. The zero-order valence-electron chi connectivity index (χ0n) is 37.1. The number of esters is 1. The number of halogens is 2. The van der Waals surface area contributed by atoms with Gasteiger partial charge < -0.3 is 49.4 Å².